The summed E-state index contributed by atoms with van der Waals surface area (Å²) in [5, 5.41) is 0. The molecule has 8 atom stereocenters. The second kappa shape index (κ2) is 6.60. The first-order valence-corrected chi connectivity index (χ1v) is 13.5. The lowest BCUT2D eigenvalue weighted by molar-refractivity contribution is -0.235. The van der Waals surface area contributed by atoms with Crippen LogP contribution in [0.3, 0.4) is 0 Å². The van der Waals surface area contributed by atoms with Crippen molar-refractivity contribution < 1.29 is 9.59 Å². The summed E-state index contributed by atoms with van der Waals surface area (Å²) in [7, 11) is 0. The first-order valence-electron chi connectivity index (χ1n) is 13.5. The van der Waals surface area contributed by atoms with Crippen molar-refractivity contribution in [1.82, 2.24) is 0 Å². The van der Waals surface area contributed by atoms with Crippen LogP contribution in [-0.2, 0) is 9.59 Å². The largest absolute Gasteiger partial charge is 0.299 e. The molecule has 0 unspecified atom stereocenters. The molecule has 32 heavy (non-hydrogen) atoms. The Bertz CT molecular complexity index is 906. The van der Waals surface area contributed by atoms with E-state index in [1.807, 2.05) is 0 Å². The SMILES string of the molecule is CC(C)=C1C(=O)C[C@]2(C)[C@H]3CC[C@H]4[C@@]5(C)CCC(=O)C(C)(C)[C@H]5CC[C@@]4(C)[C@]3(C)CC[C@@H]12. The van der Waals surface area contributed by atoms with E-state index < -0.39 is 0 Å². The quantitative estimate of drug-likeness (QED) is 0.366. The van der Waals surface area contributed by atoms with Gasteiger partial charge in [0.15, 0.2) is 5.78 Å². The first-order chi connectivity index (χ1) is 14.7. The third-order valence-electron chi connectivity index (χ3n) is 12.9. The third-order valence-corrected chi connectivity index (χ3v) is 12.9. The topological polar surface area (TPSA) is 34.1 Å². The Labute approximate surface area is 196 Å². The van der Waals surface area contributed by atoms with Crippen LogP contribution in [-0.4, -0.2) is 11.6 Å². The van der Waals surface area contributed by atoms with Crippen molar-refractivity contribution in [2.75, 3.05) is 0 Å². The van der Waals surface area contributed by atoms with Crippen LogP contribution >= 0.6 is 0 Å². The standard InChI is InChI=1S/C30H46O2/c1-18(2)25-19-11-15-29(7)23(28(19,6)17-20(25)31)10-9-22-27(5)14-13-24(32)26(3,4)21(27)12-16-30(22,29)8/h19,21-23H,9-17H2,1-8H3/t19-,21+,22-,23+,27-,28-,29+,30+/m0/s1. The Balaban J connectivity index is 1.56. The van der Waals surface area contributed by atoms with Crippen LogP contribution in [0, 0.1) is 50.7 Å². The Kier molecular flexibility index (Phi) is 4.71. The predicted octanol–water partition coefficient (Wildman–Crippen LogP) is 7.56. The molecule has 5 fully saturated rings. The number of carbonyl (C=O) groups is 2. The zero-order chi connectivity index (χ0) is 23.5. The Hall–Kier alpha value is -0.920. The van der Waals surface area contributed by atoms with E-state index >= 15 is 0 Å². The Morgan fingerprint density at radius 1 is 0.719 bits per heavy atom. The van der Waals surface area contributed by atoms with E-state index in [1.165, 1.54) is 49.7 Å². The first kappa shape index (κ1) is 22.9. The molecule has 0 amide bonds. The summed E-state index contributed by atoms with van der Waals surface area (Å²) in [4.78, 5) is 26.1. The average molecular weight is 439 g/mol. The molecule has 0 saturated heterocycles. The number of fused-ring (bicyclic) bond motifs is 7. The third kappa shape index (κ3) is 2.48. The highest BCUT2D eigenvalue weighted by atomic mass is 16.1. The van der Waals surface area contributed by atoms with Gasteiger partial charge in [-0.1, -0.05) is 47.1 Å². The summed E-state index contributed by atoms with van der Waals surface area (Å²) in [5.41, 5.74) is 3.27. The molecular formula is C30H46O2. The zero-order valence-electron chi connectivity index (χ0n) is 22.0. The minimum Gasteiger partial charge on any atom is -0.299 e. The van der Waals surface area contributed by atoms with Crippen molar-refractivity contribution in [2.24, 2.45) is 50.7 Å². The second-order valence-corrected chi connectivity index (χ2v) is 14.4. The van der Waals surface area contributed by atoms with Gasteiger partial charge in [-0.3, -0.25) is 9.59 Å². The maximum absolute atomic E-state index is 13.2. The van der Waals surface area contributed by atoms with Crippen molar-refractivity contribution >= 4 is 11.6 Å². The van der Waals surface area contributed by atoms with Crippen LogP contribution < -0.4 is 0 Å². The highest BCUT2D eigenvalue weighted by molar-refractivity contribution is 5.99. The van der Waals surface area contributed by atoms with E-state index in [-0.39, 0.29) is 21.7 Å². The summed E-state index contributed by atoms with van der Waals surface area (Å²) < 4.78 is 0. The molecule has 2 nitrogen and oxygen atoms in total. The number of ketones is 2. The predicted molar refractivity (Wildman–Crippen MR) is 130 cm³/mol. The van der Waals surface area contributed by atoms with Crippen molar-refractivity contribution in [1.29, 1.82) is 0 Å². The molecule has 0 spiro atoms. The van der Waals surface area contributed by atoms with Gasteiger partial charge in [0.2, 0.25) is 0 Å². The molecule has 0 aromatic heterocycles. The molecule has 5 saturated carbocycles. The molecule has 2 heteroatoms. The van der Waals surface area contributed by atoms with Gasteiger partial charge in [-0.2, -0.15) is 0 Å². The number of hydrogen-bond donors (Lipinski definition) is 0. The van der Waals surface area contributed by atoms with E-state index in [0.717, 1.165) is 19.3 Å². The normalized spacial score (nSPS) is 52.1. The van der Waals surface area contributed by atoms with Gasteiger partial charge in [0.1, 0.15) is 5.78 Å². The number of hydrogen-bond acceptors (Lipinski definition) is 2. The fourth-order valence-electron chi connectivity index (χ4n) is 11.3. The second-order valence-electron chi connectivity index (χ2n) is 14.4. The van der Waals surface area contributed by atoms with Gasteiger partial charge in [-0.05, 0) is 110 Å². The molecule has 0 bridgehead atoms. The molecule has 5 rings (SSSR count). The lowest BCUT2D eigenvalue weighted by Gasteiger charge is -2.72. The van der Waals surface area contributed by atoms with Crippen LogP contribution in [0.25, 0.3) is 0 Å². The molecular weight excluding hydrogens is 392 g/mol. The lowest BCUT2D eigenvalue weighted by atomic mass is 9.32. The highest BCUT2D eigenvalue weighted by Gasteiger charge is 2.71. The van der Waals surface area contributed by atoms with Crippen LogP contribution in [0.15, 0.2) is 11.1 Å². The average Bonchev–Trinajstić information content (AvgIpc) is 2.96. The van der Waals surface area contributed by atoms with Crippen LogP contribution in [0.2, 0.25) is 0 Å². The monoisotopic (exact) mass is 438 g/mol. The molecule has 178 valence electrons. The highest BCUT2D eigenvalue weighted by Crippen LogP contribution is 2.77. The summed E-state index contributed by atoms with van der Waals surface area (Å²) in [5.74, 6) is 3.26. The minimum absolute atomic E-state index is 0.129. The summed E-state index contributed by atoms with van der Waals surface area (Å²) in [6.07, 6.45) is 10.1. The van der Waals surface area contributed by atoms with Gasteiger partial charge in [0.05, 0.1) is 0 Å². The van der Waals surface area contributed by atoms with Crippen LogP contribution in [0.4, 0.5) is 0 Å². The number of carbonyl (C=O) groups excluding carboxylic acids is 2. The van der Waals surface area contributed by atoms with Gasteiger partial charge in [-0.25, -0.2) is 0 Å². The van der Waals surface area contributed by atoms with E-state index in [4.69, 9.17) is 0 Å². The molecule has 0 aromatic rings. The minimum atomic E-state index is -0.175. The van der Waals surface area contributed by atoms with Gasteiger partial charge >= 0.3 is 0 Å². The van der Waals surface area contributed by atoms with Gasteiger partial charge in [0, 0.05) is 18.3 Å². The van der Waals surface area contributed by atoms with Crippen LogP contribution in [0.1, 0.15) is 113 Å². The summed E-state index contributed by atoms with van der Waals surface area (Å²) in [6.45, 7) is 19.1. The van der Waals surface area contributed by atoms with Gasteiger partial charge in [0.25, 0.3) is 0 Å². The molecule has 0 radical (unpaired) electrons. The Morgan fingerprint density at radius 2 is 1.28 bits per heavy atom. The smallest absolute Gasteiger partial charge is 0.159 e. The number of Topliss-reactive ketones (excluding diaryl/α,β-unsaturated/α-hetero) is 2. The number of allylic oxidation sites excluding steroid dienone is 2. The fraction of sp³-hybridized carbons (Fsp3) is 0.867. The fourth-order valence-corrected chi connectivity index (χ4v) is 11.3. The van der Waals surface area contributed by atoms with Crippen molar-refractivity contribution in [2.45, 2.75) is 113 Å². The molecule has 0 aliphatic heterocycles. The lowest BCUT2D eigenvalue weighted by Crippen LogP contribution is -2.66. The van der Waals surface area contributed by atoms with E-state index in [9.17, 15) is 9.59 Å². The molecule has 5 aliphatic carbocycles. The van der Waals surface area contributed by atoms with E-state index in [0.29, 0.717) is 40.7 Å². The molecule has 0 heterocycles. The van der Waals surface area contributed by atoms with Crippen LogP contribution in [0.5, 0.6) is 0 Å². The van der Waals surface area contributed by atoms with Gasteiger partial charge in [-0.15, -0.1) is 0 Å². The zero-order valence-corrected chi connectivity index (χ0v) is 22.0. The molecule has 0 N–H and O–H groups in total. The van der Waals surface area contributed by atoms with Gasteiger partial charge < -0.3 is 0 Å². The van der Waals surface area contributed by atoms with Crippen molar-refractivity contribution in [3.8, 4) is 0 Å². The maximum Gasteiger partial charge on any atom is 0.159 e. The van der Waals surface area contributed by atoms with Crippen molar-refractivity contribution in [3.63, 3.8) is 0 Å². The summed E-state index contributed by atoms with van der Waals surface area (Å²) >= 11 is 0. The van der Waals surface area contributed by atoms with Crippen molar-refractivity contribution in [3.05, 3.63) is 11.1 Å². The summed E-state index contributed by atoms with van der Waals surface area (Å²) in [6, 6.07) is 0. The van der Waals surface area contributed by atoms with E-state index in [1.54, 1.807) is 0 Å². The Morgan fingerprint density at radius 3 is 1.88 bits per heavy atom. The number of rotatable bonds is 0. The molecule has 0 aromatic carbocycles. The molecule has 5 aliphatic rings. The van der Waals surface area contributed by atoms with E-state index in [2.05, 4.69) is 55.4 Å². The maximum atomic E-state index is 13.2.